The standard InChI is InChI=1S/C9H6F2N2OS/c1-13-8(14)4-2-5(10)6(11)3-7(4)12-9(13)15/h2-3H,1H3,(H,12,15). The lowest BCUT2D eigenvalue weighted by Crippen LogP contribution is -2.18. The van der Waals surface area contributed by atoms with Gasteiger partial charge in [-0.25, -0.2) is 8.78 Å². The van der Waals surface area contributed by atoms with Gasteiger partial charge in [0.05, 0.1) is 10.9 Å². The number of rotatable bonds is 0. The molecule has 0 radical (unpaired) electrons. The molecule has 0 fully saturated rings. The van der Waals surface area contributed by atoms with Crippen LogP contribution >= 0.6 is 12.2 Å². The van der Waals surface area contributed by atoms with Gasteiger partial charge in [0.25, 0.3) is 5.56 Å². The third-order valence-electron chi connectivity index (χ3n) is 2.14. The summed E-state index contributed by atoms with van der Waals surface area (Å²) in [6.45, 7) is 0. The van der Waals surface area contributed by atoms with Crippen molar-refractivity contribution in [2.45, 2.75) is 0 Å². The minimum absolute atomic E-state index is 0.0741. The molecule has 0 spiro atoms. The predicted octanol–water partition coefficient (Wildman–Crippen LogP) is 1.87. The number of aromatic amines is 1. The minimum Gasteiger partial charge on any atom is -0.331 e. The average molecular weight is 228 g/mol. The highest BCUT2D eigenvalue weighted by atomic mass is 32.1. The van der Waals surface area contributed by atoms with Crippen molar-refractivity contribution in [1.29, 1.82) is 0 Å². The van der Waals surface area contributed by atoms with Crippen LogP contribution in [0.1, 0.15) is 0 Å². The summed E-state index contributed by atoms with van der Waals surface area (Å²) in [5.74, 6) is -2.06. The van der Waals surface area contributed by atoms with Crippen molar-refractivity contribution in [3.8, 4) is 0 Å². The molecule has 0 saturated heterocycles. The third kappa shape index (κ3) is 1.46. The number of hydrogen-bond acceptors (Lipinski definition) is 2. The van der Waals surface area contributed by atoms with Crippen LogP contribution in [0, 0.1) is 16.4 Å². The Bertz CT molecular complexity index is 659. The summed E-state index contributed by atoms with van der Waals surface area (Å²) in [4.78, 5) is 14.2. The summed E-state index contributed by atoms with van der Waals surface area (Å²) >= 11 is 4.84. The number of hydrogen-bond donors (Lipinski definition) is 1. The number of H-pyrrole nitrogens is 1. The molecule has 0 atom stereocenters. The van der Waals surface area contributed by atoms with Gasteiger partial charge >= 0.3 is 0 Å². The molecule has 15 heavy (non-hydrogen) atoms. The Morgan fingerprint density at radius 2 is 1.93 bits per heavy atom. The normalized spacial score (nSPS) is 10.9. The van der Waals surface area contributed by atoms with Crippen molar-refractivity contribution in [3.05, 3.63) is 38.9 Å². The van der Waals surface area contributed by atoms with Crippen molar-refractivity contribution in [3.63, 3.8) is 0 Å². The van der Waals surface area contributed by atoms with E-state index in [0.717, 1.165) is 16.7 Å². The van der Waals surface area contributed by atoms with E-state index >= 15 is 0 Å². The van der Waals surface area contributed by atoms with Crippen LogP contribution < -0.4 is 5.56 Å². The maximum absolute atomic E-state index is 12.9. The van der Waals surface area contributed by atoms with Crippen molar-refractivity contribution in [1.82, 2.24) is 9.55 Å². The first-order chi connectivity index (χ1) is 7.00. The number of aromatic nitrogens is 2. The smallest absolute Gasteiger partial charge is 0.261 e. The Labute approximate surface area is 88.0 Å². The molecule has 2 aromatic rings. The summed E-state index contributed by atoms with van der Waals surface area (Å²) < 4.78 is 27.1. The van der Waals surface area contributed by atoms with Gasteiger partial charge in [0.1, 0.15) is 0 Å². The Kier molecular flexibility index (Phi) is 2.15. The number of fused-ring (bicyclic) bond motifs is 1. The Balaban J connectivity index is 3.07. The molecule has 1 heterocycles. The maximum Gasteiger partial charge on any atom is 0.261 e. The molecule has 2 rings (SSSR count). The molecule has 0 aliphatic carbocycles. The van der Waals surface area contributed by atoms with Crippen LogP contribution in [-0.4, -0.2) is 9.55 Å². The van der Waals surface area contributed by atoms with Gasteiger partial charge in [-0.2, -0.15) is 0 Å². The number of nitrogens with one attached hydrogen (secondary N) is 1. The van der Waals surface area contributed by atoms with Crippen molar-refractivity contribution in [2.24, 2.45) is 7.05 Å². The second-order valence-corrected chi connectivity index (χ2v) is 3.49. The van der Waals surface area contributed by atoms with E-state index in [1.807, 2.05) is 0 Å². The summed E-state index contributed by atoms with van der Waals surface area (Å²) in [6.07, 6.45) is 0. The molecule has 3 nitrogen and oxygen atoms in total. The monoisotopic (exact) mass is 228 g/mol. The molecule has 0 bridgehead atoms. The highest BCUT2D eigenvalue weighted by molar-refractivity contribution is 7.71. The molecule has 0 aliphatic rings. The lowest BCUT2D eigenvalue weighted by atomic mass is 10.2. The van der Waals surface area contributed by atoms with Crippen LogP contribution in [-0.2, 0) is 7.05 Å². The van der Waals surface area contributed by atoms with E-state index in [1.54, 1.807) is 0 Å². The van der Waals surface area contributed by atoms with E-state index in [9.17, 15) is 13.6 Å². The number of nitrogens with zero attached hydrogens (tertiary/aromatic N) is 1. The fourth-order valence-electron chi connectivity index (χ4n) is 1.30. The van der Waals surface area contributed by atoms with Crippen LogP contribution in [0.15, 0.2) is 16.9 Å². The fourth-order valence-corrected chi connectivity index (χ4v) is 1.49. The quantitative estimate of drug-likeness (QED) is 0.699. The molecule has 0 saturated carbocycles. The molecular formula is C9H6F2N2OS. The molecule has 78 valence electrons. The SMILES string of the molecule is Cn1c(=S)[nH]c2cc(F)c(F)cc2c1=O. The van der Waals surface area contributed by atoms with E-state index in [-0.39, 0.29) is 15.7 Å². The summed E-state index contributed by atoms with van der Waals surface area (Å²) in [7, 11) is 1.46. The van der Waals surface area contributed by atoms with E-state index in [0.29, 0.717) is 0 Å². The molecular weight excluding hydrogens is 222 g/mol. The Morgan fingerprint density at radius 1 is 1.33 bits per heavy atom. The zero-order valence-corrected chi connectivity index (χ0v) is 8.49. The molecule has 0 aliphatic heterocycles. The topological polar surface area (TPSA) is 37.8 Å². The largest absolute Gasteiger partial charge is 0.331 e. The zero-order chi connectivity index (χ0) is 11.2. The van der Waals surface area contributed by atoms with Gasteiger partial charge in [-0.05, 0) is 18.3 Å². The molecule has 0 unspecified atom stereocenters. The first-order valence-electron chi connectivity index (χ1n) is 4.09. The highest BCUT2D eigenvalue weighted by Crippen LogP contribution is 2.13. The predicted molar refractivity (Wildman–Crippen MR) is 54.3 cm³/mol. The van der Waals surface area contributed by atoms with Gasteiger partial charge in [0, 0.05) is 13.1 Å². The Morgan fingerprint density at radius 3 is 2.60 bits per heavy atom. The first-order valence-corrected chi connectivity index (χ1v) is 4.49. The van der Waals surface area contributed by atoms with Crippen LogP contribution in [0.2, 0.25) is 0 Å². The fraction of sp³-hybridized carbons (Fsp3) is 0.111. The highest BCUT2D eigenvalue weighted by Gasteiger charge is 2.08. The van der Waals surface area contributed by atoms with Gasteiger partial charge in [-0.15, -0.1) is 0 Å². The molecule has 0 amide bonds. The van der Waals surface area contributed by atoms with Crippen LogP contribution in [0.5, 0.6) is 0 Å². The summed E-state index contributed by atoms with van der Waals surface area (Å²) in [5, 5.41) is 0.0741. The van der Waals surface area contributed by atoms with Crippen molar-refractivity contribution >= 4 is 23.1 Å². The lowest BCUT2D eigenvalue weighted by molar-refractivity contribution is 0.510. The second-order valence-electron chi connectivity index (χ2n) is 3.11. The molecule has 1 aromatic carbocycles. The van der Waals surface area contributed by atoms with Gasteiger partial charge in [0.15, 0.2) is 16.4 Å². The summed E-state index contributed by atoms with van der Waals surface area (Å²) in [5.41, 5.74) is -0.255. The van der Waals surface area contributed by atoms with E-state index < -0.39 is 17.2 Å². The van der Waals surface area contributed by atoms with Crippen LogP contribution in [0.3, 0.4) is 0 Å². The molecule has 6 heteroatoms. The van der Waals surface area contributed by atoms with Crippen molar-refractivity contribution < 1.29 is 8.78 Å². The van der Waals surface area contributed by atoms with Crippen LogP contribution in [0.25, 0.3) is 10.9 Å². The Hall–Kier alpha value is -1.56. The first kappa shape index (κ1) is 9.97. The average Bonchev–Trinajstić information content (AvgIpc) is 2.19. The van der Waals surface area contributed by atoms with Gasteiger partial charge in [-0.3, -0.25) is 9.36 Å². The number of benzene rings is 1. The third-order valence-corrected chi connectivity index (χ3v) is 2.52. The number of halogens is 2. The second kappa shape index (κ2) is 3.23. The van der Waals surface area contributed by atoms with E-state index in [4.69, 9.17) is 12.2 Å². The van der Waals surface area contributed by atoms with E-state index in [1.165, 1.54) is 7.05 Å². The van der Waals surface area contributed by atoms with Crippen LogP contribution in [0.4, 0.5) is 8.78 Å². The van der Waals surface area contributed by atoms with Crippen molar-refractivity contribution in [2.75, 3.05) is 0 Å². The lowest BCUT2D eigenvalue weighted by Gasteiger charge is -2.02. The zero-order valence-electron chi connectivity index (χ0n) is 7.67. The summed E-state index contributed by atoms with van der Waals surface area (Å²) in [6, 6.07) is 1.78. The molecule has 1 aromatic heterocycles. The van der Waals surface area contributed by atoms with Gasteiger partial charge < -0.3 is 4.98 Å². The van der Waals surface area contributed by atoms with Gasteiger partial charge in [-0.1, -0.05) is 0 Å². The molecule has 1 N–H and O–H groups in total. The van der Waals surface area contributed by atoms with Gasteiger partial charge in [0.2, 0.25) is 0 Å². The maximum atomic E-state index is 12.9. The van der Waals surface area contributed by atoms with E-state index in [2.05, 4.69) is 4.98 Å². The minimum atomic E-state index is -1.05.